The van der Waals surface area contributed by atoms with E-state index < -0.39 is 5.97 Å². The highest BCUT2D eigenvalue weighted by Gasteiger charge is 2.13. The Labute approximate surface area is 179 Å². The van der Waals surface area contributed by atoms with Gasteiger partial charge in [0.2, 0.25) is 0 Å². The van der Waals surface area contributed by atoms with E-state index in [0.717, 1.165) is 11.1 Å². The predicted octanol–water partition coefficient (Wildman–Crippen LogP) is 4.23. The van der Waals surface area contributed by atoms with Gasteiger partial charge in [0, 0.05) is 19.7 Å². The third-order valence-electron chi connectivity index (χ3n) is 3.98. The molecule has 0 fully saturated rings. The van der Waals surface area contributed by atoms with E-state index in [1.54, 1.807) is 43.5 Å². The second-order valence-electron chi connectivity index (χ2n) is 6.05. The maximum atomic E-state index is 12.4. The Morgan fingerprint density at radius 1 is 1.03 bits per heavy atom. The van der Waals surface area contributed by atoms with Crippen molar-refractivity contribution in [3.05, 3.63) is 63.6 Å². The summed E-state index contributed by atoms with van der Waals surface area (Å²) in [5, 5.41) is 0.900. The molecule has 6 nitrogen and oxygen atoms in total. The molecule has 0 saturated carbocycles. The van der Waals surface area contributed by atoms with Crippen molar-refractivity contribution in [1.29, 1.82) is 0 Å². The predicted molar refractivity (Wildman–Crippen MR) is 112 cm³/mol. The normalized spacial score (nSPS) is 10.7. The van der Waals surface area contributed by atoms with E-state index in [9.17, 15) is 9.59 Å². The smallest absolute Gasteiger partial charge is 0.330 e. The summed E-state index contributed by atoms with van der Waals surface area (Å²) in [7, 11) is 4.47. The third kappa shape index (κ3) is 6.69. The molecule has 2 aromatic carbocycles. The molecule has 0 aliphatic rings. The van der Waals surface area contributed by atoms with Gasteiger partial charge < -0.3 is 19.1 Å². The van der Waals surface area contributed by atoms with Gasteiger partial charge in [0.05, 0.1) is 24.3 Å². The van der Waals surface area contributed by atoms with Crippen LogP contribution in [0.25, 0.3) is 6.08 Å². The zero-order chi connectivity index (χ0) is 21.4. The first kappa shape index (κ1) is 22.6. The van der Waals surface area contributed by atoms with Crippen LogP contribution >= 0.6 is 23.2 Å². The second-order valence-corrected chi connectivity index (χ2v) is 6.87. The molecule has 0 unspecified atom stereocenters. The van der Waals surface area contributed by atoms with Crippen LogP contribution in [0.15, 0.2) is 42.5 Å². The van der Waals surface area contributed by atoms with Crippen molar-refractivity contribution in [2.24, 2.45) is 0 Å². The Balaban J connectivity index is 1.98. The molecule has 0 atom stereocenters. The second kappa shape index (κ2) is 10.7. The van der Waals surface area contributed by atoms with Crippen molar-refractivity contribution < 1.29 is 23.8 Å². The van der Waals surface area contributed by atoms with Gasteiger partial charge in [-0.1, -0.05) is 35.3 Å². The molecule has 154 valence electrons. The first-order valence-electron chi connectivity index (χ1n) is 8.58. The highest BCUT2D eigenvalue weighted by Crippen LogP contribution is 2.29. The number of benzene rings is 2. The van der Waals surface area contributed by atoms with Crippen molar-refractivity contribution >= 4 is 41.2 Å². The minimum Gasteiger partial charge on any atom is -0.493 e. The van der Waals surface area contributed by atoms with Crippen LogP contribution in [-0.4, -0.2) is 44.7 Å². The van der Waals surface area contributed by atoms with Crippen LogP contribution in [-0.2, 0) is 20.9 Å². The van der Waals surface area contributed by atoms with Crippen LogP contribution in [0.4, 0.5) is 0 Å². The topological polar surface area (TPSA) is 65.1 Å². The zero-order valence-electron chi connectivity index (χ0n) is 16.3. The van der Waals surface area contributed by atoms with E-state index in [2.05, 4.69) is 4.74 Å². The van der Waals surface area contributed by atoms with E-state index >= 15 is 0 Å². The number of esters is 1. The summed E-state index contributed by atoms with van der Waals surface area (Å²) < 4.78 is 15.5. The van der Waals surface area contributed by atoms with Gasteiger partial charge in [0.15, 0.2) is 18.1 Å². The van der Waals surface area contributed by atoms with Crippen molar-refractivity contribution in [3.8, 4) is 11.5 Å². The van der Waals surface area contributed by atoms with Gasteiger partial charge >= 0.3 is 5.97 Å². The van der Waals surface area contributed by atoms with Gasteiger partial charge in [0.1, 0.15) is 0 Å². The fourth-order valence-electron chi connectivity index (χ4n) is 2.39. The lowest BCUT2D eigenvalue weighted by Gasteiger charge is -2.18. The minimum atomic E-state index is -0.458. The monoisotopic (exact) mass is 437 g/mol. The summed E-state index contributed by atoms with van der Waals surface area (Å²) in [6.07, 6.45) is 2.89. The summed E-state index contributed by atoms with van der Waals surface area (Å²) in [6, 6.07) is 10.3. The Hall–Kier alpha value is -2.70. The largest absolute Gasteiger partial charge is 0.493 e. The Bertz CT molecular complexity index is 914. The van der Waals surface area contributed by atoms with E-state index in [1.807, 2.05) is 6.07 Å². The summed E-state index contributed by atoms with van der Waals surface area (Å²) in [6.45, 7) is 0.207. The number of likely N-dealkylation sites (N-methyl/N-ethyl adjacent to an activating group) is 1. The van der Waals surface area contributed by atoms with Crippen molar-refractivity contribution in [3.63, 3.8) is 0 Å². The first-order valence-corrected chi connectivity index (χ1v) is 9.34. The molecule has 8 heteroatoms. The number of carbonyl (C=O) groups excluding carboxylic acids is 2. The third-order valence-corrected chi connectivity index (χ3v) is 4.72. The average Bonchev–Trinajstić information content (AvgIpc) is 2.72. The van der Waals surface area contributed by atoms with Crippen molar-refractivity contribution in [2.75, 3.05) is 27.9 Å². The Morgan fingerprint density at radius 2 is 1.79 bits per heavy atom. The van der Waals surface area contributed by atoms with Crippen molar-refractivity contribution in [2.45, 2.75) is 6.54 Å². The van der Waals surface area contributed by atoms with Crippen LogP contribution in [0.1, 0.15) is 11.1 Å². The summed E-state index contributed by atoms with van der Waals surface area (Å²) in [5.74, 6) is 0.184. The van der Waals surface area contributed by atoms with Gasteiger partial charge in [0.25, 0.3) is 5.91 Å². The van der Waals surface area contributed by atoms with Crippen molar-refractivity contribution in [1.82, 2.24) is 4.90 Å². The molecule has 0 spiro atoms. The summed E-state index contributed by atoms with van der Waals surface area (Å²) >= 11 is 11.9. The number of halogens is 2. The van der Waals surface area contributed by atoms with E-state index in [1.165, 1.54) is 25.2 Å². The zero-order valence-corrected chi connectivity index (χ0v) is 17.8. The number of ether oxygens (including phenoxy) is 3. The molecule has 0 aromatic heterocycles. The van der Waals surface area contributed by atoms with E-state index in [-0.39, 0.29) is 12.5 Å². The highest BCUT2D eigenvalue weighted by atomic mass is 35.5. The maximum absolute atomic E-state index is 12.4. The lowest BCUT2D eigenvalue weighted by Crippen LogP contribution is -2.31. The molecule has 0 heterocycles. The SMILES string of the molecule is COC(=O)/C=C/c1ccc(OCC(=O)N(C)Cc2ccc(Cl)c(Cl)c2)c(OC)c1. The molecule has 0 aliphatic carbocycles. The number of hydrogen-bond acceptors (Lipinski definition) is 5. The molecule has 2 aromatic rings. The van der Waals surface area contributed by atoms with E-state index in [4.69, 9.17) is 32.7 Å². The van der Waals surface area contributed by atoms with Gasteiger partial charge in [-0.15, -0.1) is 0 Å². The number of methoxy groups -OCH3 is 2. The van der Waals surface area contributed by atoms with Crippen LogP contribution in [0, 0.1) is 0 Å². The number of nitrogens with zero attached hydrogens (tertiary/aromatic N) is 1. The number of rotatable bonds is 8. The van der Waals surface area contributed by atoms with Crippen LogP contribution in [0.3, 0.4) is 0 Å². The lowest BCUT2D eigenvalue weighted by molar-refractivity contribution is -0.135. The van der Waals surface area contributed by atoms with Crippen LogP contribution < -0.4 is 9.47 Å². The molecule has 29 heavy (non-hydrogen) atoms. The summed E-state index contributed by atoms with van der Waals surface area (Å²) in [4.78, 5) is 25.1. The fourth-order valence-corrected chi connectivity index (χ4v) is 2.71. The summed E-state index contributed by atoms with van der Waals surface area (Å²) in [5.41, 5.74) is 1.58. The minimum absolute atomic E-state index is 0.161. The fraction of sp³-hybridized carbons (Fsp3) is 0.238. The molecule has 0 saturated heterocycles. The molecule has 1 amide bonds. The molecule has 0 N–H and O–H groups in total. The molecular weight excluding hydrogens is 417 g/mol. The Kier molecular flexibility index (Phi) is 8.36. The van der Waals surface area contributed by atoms with Gasteiger partial charge in [-0.05, 0) is 41.5 Å². The molecule has 2 rings (SSSR count). The van der Waals surface area contributed by atoms with Gasteiger partial charge in [-0.2, -0.15) is 0 Å². The molecule has 0 aliphatic heterocycles. The maximum Gasteiger partial charge on any atom is 0.330 e. The quantitative estimate of drug-likeness (QED) is 0.456. The number of carbonyl (C=O) groups is 2. The van der Waals surface area contributed by atoms with Crippen LogP contribution in [0.5, 0.6) is 11.5 Å². The Morgan fingerprint density at radius 3 is 2.45 bits per heavy atom. The standard InChI is InChI=1S/C21H21Cl2NO5/c1-24(12-15-4-7-16(22)17(23)10-15)20(25)13-29-18-8-5-14(11-19(18)27-2)6-9-21(26)28-3/h4-11H,12-13H2,1-3H3/b9-6+. The molecule has 0 radical (unpaired) electrons. The van der Waals surface area contributed by atoms with Gasteiger partial charge in [-0.25, -0.2) is 4.79 Å². The average molecular weight is 438 g/mol. The highest BCUT2D eigenvalue weighted by molar-refractivity contribution is 6.42. The van der Waals surface area contributed by atoms with E-state index in [0.29, 0.717) is 28.1 Å². The molecular formula is C21H21Cl2NO5. The lowest BCUT2D eigenvalue weighted by atomic mass is 10.2. The van der Waals surface area contributed by atoms with Gasteiger partial charge in [-0.3, -0.25) is 4.79 Å². The number of hydrogen-bond donors (Lipinski definition) is 0. The molecule has 0 bridgehead atoms. The number of amides is 1. The first-order chi connectivity index (χ1) is 13.8. The van der Waals surface area contributed by atoms with Crippen LogP contribution in [0.2, 0.25) is 10.0 Å².